The number of hydrogen-bond acceptors (Lipinski definition) is 4. The number of nitrogens with zero attached hydrogens (tertiary/aromatic N) is 1. The van der Waals surface area contributed by atoms with Crippen LogP contribution in [0.4, 0.5) is 11.6 Å². The minimum absolute atomic E-state index is 0.190. The van der Waals surface area contributed by atoms with E-state index in [2.05, 4.69) is 15.8 Å². The maximum atomic E-state index is 12.2. The van der Waals surface area contributed by atoms with Crippen molar-refractivity contribution in [1.29, 1.82) is 0 Å². The third-order valence-electron chi connectivity index (χ3n) is 3.24. The molecule has 0 aliphatic carbocycles. The number of benzene rings is 1. The molecular weight excluding hydrogens is 254 g/mol. The Labute approximate surface area is 118 Å². The van der Waals surface area contributed by atoms with Gasteiger partial charge in [-0.2, -0.15) is 0 Å². The lowest BCUT2D eigenvalue weighted by atomic mass is 10.1. The van der Waals surface area contributed by atoms with Gasteiger partial charge in [-0.3, -0.25) is 10.1 Å². The first-order chi connectivity index (χ1) is 9.52. The van der Waals surface area contributed by atoms with Crippen LogP contribution in [-0.4, -0.2) is 17.6 Å². The molecule has 0 unspecified atom stereocenters. The zero-order valence-electron chi connectivity index (χ0n) is 12.2. The number of nitrogens with one attached hydrogen (secondary N) is 2. The van der Waals surface area contributed by atoms with Crippen molar-refractivity contribution in [1.82, 2.24) is 5.16 Å². The Morgan fingerprint density at radius 3 is 2.60 bits per heavy atom. The van der Waals surface area contributed by atoms with Crippen molar-refractivity contribution in [2.45, 2.75) is 27.7 Å². The van der Waals surface area contributed by atoms with E-state index >= 15 is 0 Å². The van der Waals surface area contributed by atoms with E-state index in [1.54, 1.807) is 6.07 Å². The summed E-state index contributed by atoms with van der Waals surface area (Å²) >= 11 is 0. The van der Waals surface area contributed by atoms with Gasteiger partial charge in [0.2, 0.25) is 5.88 Å². The van der Waals surface area contributed by atoms with E-state index in [4.69, 9.17) is 4.52 Å². The minimum atomic E-state index is -0.190. The molecule has 2 aromatic rings. The third kappa shape index (κ3) is 2.82. The first kappa shape index (κ1) is 14.1. The molecule has 0 saturated carbocycles. The number of carbonyl (C=O) groups excluding carboxylic acids is 1. The molecule has 1 aromatic carbocycles. The second kappa shape index (κ2) is 5.77. The fraction of sp³-hybridized carbons (Fsp3) is 0.333. The summed E-state index contributed by atoms with van der Waals surface area (Å²) in [5.74, 6) is 0.215. The first-order valence-electron chi connectivity index (χ1n) is 6.61. The van der Waals surface area contributed by atoms with Gasteiger partial charge in [-0.1, -0.05) is 5.16 Å². The van der Waals surface area contributed by atoms with Crippen LogP contribution in [0.1, 0.15) is 34.1 Å². The molecular formula is C15H19N3O2. The average Bonchev–Trinajstić information content (AvgIpc) is 2.71. The van der Waals surface area contributed by atoms with Crippen molar-refractivity contribution in [2.75, 3.05) is 17.2 Å². The standard InChI is InChI=1S/C15H19N3O2/c1-5-16-12-6-7-13(9(2)8-12)14(19)17-15-10(3)11(4)18-20-15/h6-8,16H,5H2,1-4H3,(H,17,19). The Morgan fingerprint density at radius 1 is 1.30 bits per heavy atom. The van der Waals surface area contributed by atoms with Crippen LogP contribution in [0.5, 0.6) is 0 Å². The fourth-order valence-corrected chi connectivity index (χ4v) is 1.93. The summed E-state index contributed by atoms with van der Waals surface area (Å²) in [7, 11) is 0. The van der Waals surface area contributed by atoms with Crippen LogP contribution in [0.15, 0.2) is 22.7 Å². The molecule has 0 fully saturated rings. The van der Waals surface area contributed by atoms with E-state index in [9.17, 15) is 4.79 Å². The van der Waals surface area contributed by atoms with E-state index in [1.807, 2.05) is 39.8 Å². The van der Waals surface area contributed by atoms with Crippen molar-refractivity contribution >= 4 is 17.5 Å². The van der Waals surface area contributed by atoms with Gasteiger partial charge in [0.15, 0.2) is 0 Å². The van der Waals surface area contributed by atoms with Crippen LogP contribution in [0, 0.1) is 20.8 Å². The molecule has 1 aromatic heterocycles. The number of rotatable bonds is 4. The first-order valence-corrected chi connectivity index (χ1v) is 6.61. The van der Waals surface area contributed by atoms with Gasteiger partial charge in [-0.15, -0.1) is 0 Å². The normalized spacial score (nSPS) is 10.4. The molecule has 2 rings (SSSR count). The van der Waals surface area contributed by atoms with Gasteiger partial charge in [-0.25, -0.2) is 0 Å². The Morgan fingerprint density at radius 2 is 2.05 bits per heavy atom. The second-order valence-corrected chi connectivity index (χ2v) is 4.74. The van der Waals surface area contributed by atoms with E-state index < -0.39 is 0 Å². The number of carbonyl (C=O) groups is 1. The molecule has 106 valence electrons. The fourth-order valence-electron chi connectivity index (χ4n) is 1.93. The van der Waals surface area contributed by atoms with Gasteiger partial charge < -0.3 is 9.84 Å². The monoisotopic (exact) mass is 273 g/mol. The maximum Gasteiger partial charge on any atom is 0.258 e. The van der Waals surface area contributed by atoms with Crippen LogP contribution in [0.25, 0.3) is 0 Å². The summed E-state index contributed by atoms with van der Waals surface area (Å²) in [6.45, 7) is 8.49. The molecule has 5 nitrogen and oxygen atoms in total. The molecule has 5 heteroatoms. The van der Waals surface area contributed by atoms with Crippen LogP contribution >= 0.6 is 0 Å². The molecule has 0 saturated heterocycles. The molecule has 1 heterocycles. The lowest BCUT2D eigenvalue weighted by Crippen LogP contribution is -2.14. The Bertz CT molecular complexity index is 632. The SMILES string of the molecule is CCNc1ccc(C(=O)Nc2onc(C)c2C)c(C)c1. The molecule has 1 amide bonds. The second-order valence-electron chi connectivity index (χ2n) is 4.74. The van der Waals surface area contributed by atoms with Crippen LogP contribution in [0.2, 0.25) is 0 Å². The average molecular weight is 273 g/mol. The minimum Gasteiger partial charge on any atom is -0.385 e. The highest BCUT2D eigenvalue weighted by molar-refractivity contribution is 6.05. The number of aryl methyl sites for hydroxylation is 2. The number of anilines is 2. The van der Waals surface area contributed by atoms with E-state index in [0.717, 1.165) is 29.1 Å². The third-order valence-corrected chi connectivity index (χ3v) is 3.24. The van der Waals surface area contributed by atoms with Crippen molar-refractivity contribution < 1.29 is 9.32 Å². The molecule has 20 heavy (non-hydrogen) atoms. The van der Waals surface area contributed by atoms with E-state index in [1.165, 1.54) is 0 Å². The molecule has 0 aliphatic heterocycles. The summed E-state index contributed by atoms with van der Waals surface area (Å²) in [6, 6.07) is 5.65. The number of amides is 1. The smallest absolute Gasteiger partial charge is 0.258 e. The van der Waals surface area contributed by atoms with Crippen molar-refractivity contribution in [3.63, 3.8) is 0 Å². The topological polar surface area (TPSA) is 67.2 Å². The van der Waals surface area contributed by atoms with Crippen LogP contribution < -0.4 is 10.6 Å². The zero-order valence-corrected chi connectivity index (χ0v) is 12.2. The molecule has 2 N–H and O–H groups in total. The summed E-state index contributed by atoms with van der Waals surface area (Å²) in [5.41, 5.74) is 4.17. The maximum absolute atomic E-state index is 12.2. The highest BCUT2D eigenvalue weighted by Gasteiger charge is 2.15. The van der Waals surface area contributed by atoms with Gasteiger partial charge in [0.05, 0.1) is 5.69 Å². The molecule has 0 radical (unpaired) electrons. The van der Waals surface area contributed by atoms with Crippen LogP contribution in [0.3, 0.4) is 0 Å². The lowest BCUT2D eigenvalue weighted by molar-refractivity contribution is 0.102. The molecule has 0 atom stereocenters. The van der Waals surface area contributed by atoms with Gasteiger partial charge in [-0.05, 0) is 51.5 Å². The Hall–Kier alpha value is -2.30. The lowest BCUT2D eigenvalue weighted by Gasteiger charge is -2.09. The predicted octanol–water partition coefficient (Wildman–Crippen LogP) is 3.28. The van der Waals surface area contributed by atoms with Gasteiger partial charge in [0.1, 0.15) is 0 Å². The number of aromatic nitrogens is 1. The van der Waals surface area contributed by atoms with Gasteiger partial charge in [0, 0.05) is 23.4 Å². The molecule has 0 spiro atoms. The molecule has 0 aliphatic rings. The largest absolute Gasteiger partial charge is 0.385 e. The van der Waals surface area contributed by atoms with Crippen molar-refractivity contribution in [3.8, 4) is 0 Å². The highest BCUT2D eigenvalue weighted by atomic mass is 16.5. The summed E-state index contributed by atoms with van der Waals surface area (Å²) < 4.78 is 5.10. The number of hydrogen-bond donors (Lipinski definition) is 2. The van der Waals surface area contributed by atoms with E-state index in [0.29, 0.717) is 11.4 Å². The van der Waals surface area contributed by atoms with Crippen LogP contribution in [-0.2, 0) is 0 Å². The summed E-state index contributed by atoms with van der Waals surface area (Å²) in [6.07, 6.45) is 0. The quantitative estimate of drug-likeness (QED) is 0.897. The van der Waals surface area contributed by atoms with Crippen molar-refractivity contribution in [2.24, 2.45) is 0 Å². The Kier molecular flexibility index (Phi) is 4.08. The highest BCUT2D eigenvalue weighted by Crippen LogP contribution is 2.20. The van der Waals surface area contributed by atoms with Gasteiger partial charge >= 0.3 is 0 Å². The molecule has 0 bridgehead atoms. The summed E-state index contributed by atoms with van der Waals surface area (Å²) in [4.78, 5) is 12.2. The van der Waals surface area contributed by atoms with Crippen molar-refractivity contribution in [3.05, 3.63) is 40.6 Å². The van der Waals surface area contributed by atoms with E-state index in [-0.39, 0.29) is 5.91 Å². The van der Waals surface area contributed by atoms with Gasteiger partial charge in [0.25, 0.3) is 5.91 Å². The predicted molar refractivity (Wildman–Crippen MR) is 79.3 cm³/mol. The summed E-state index contributed by atoms with van der Waals surface area (Å²) in [5, 5.41) is 9.79. The Balaban J connectivity index is 2.19. The zero-order chi connectivity index (χ0) is 14.7.